The lowest BCUT2D eigenvalue weighted by Crippen LogP contribution is -2.17. The van der Waals surface area contributed by atoms with Gasteiger partial charge in [-0.2, -0.15) is 0 Å². The number of benzene rings is 1. The molecule has 0 spiro atoms. The summed E-state index contributed by atoms with van der Waals surface area (Å²) in [5.41, 5.74) is 5.58. The number of rotatable bonds is 3. The van der Waals surface area contributed by atoms with E-state index in [0.29, 0.717) is 11.6 Å². The highest BCUT2D eigenvalue weighted by Crippen LogP contribution is 2.28. The van der Waals surface area contributed by atoms with Crippen molar-refractivity contribution in [2.24, 2.45) is 0 Å². The highest BCUT2D eigenvalue weighted by atomic mass is 35.5. The minimum atomic E-state index is -4.40. The molecule has 112 valence electrons. The first-order valence-corrected chi connectivity index (χ1v) is 7.47. The number of nitrogens with two attached hydrogens (primary N) is 1. The quantitative estimate of drug-likeness (QED) is 0.668. The number of nitrogens with one attached hydrogen (secondary N) is 1. The lowest BCUT2D eigenvalue weighted by atomic mass is 10.3. The molecular weight excluding hydrogens is 324 g/mol. The van der Waals surface area contributed by atoms with E-state index in [-0.39, 0.29) is 16.5 Å². The third-order valence-corrected chi connectivity index (χ3v) is 4.29. The van der Waals surface area contributed by atoms with Gasteiger partial charge in [0.2, 0.25) is 0 Å². The fraction of sp³-hybridized carbons (Fsp3) is 0.0833. The lowest BCUT2D eigenvalue weighted by Gasteiger charge is -2.12. The van der Waals surface area contributed by atoms with E-state index in [4.69, 9.17) is 17.3 Å². The Morgan fingerprint density at radius 2 is 2.00 bits per heavy atom. The summed E-state index contributed by atoms with van der Waals surface area (Å²) in [5.74, 6) is -2.88. The van der Waals surface area contributed by atoms with Crippen molar-refractivity contribution in [3.8, 4) is 0 Å². The molecule has 9 heteroatoms. The van der Waals surface area contributed by atoms with E-state index >= 15 is 0 Å². The highest BCUT2D eigenvalue weighted by molar-refractivity contribution is 7.92. The van der Waals surface area contributed by atoms with Crippen LogP contribution in [0.5, 0.6) is 0 Å². The van der Waals surface area contributed by atoms with Gasteiger partial charge in [-0.3, -0.25) is 4.72 Å². The van der Waals surface area contributed by atoms with Crippen LogP contribution in [0.2, 0.25) is 5.15 Å². The lowest BCUT2D eigenvalue weighted by molar-refractivity contribution is 0.486. The number of anilines is 2. The zero-order chi connectivity index (χ0) is 15.8. The average Bonchev–Trinajstić information content (AvgIpc) is 2.38. The van der Waals surface area contributed by atoms with Gasteiger partial charge in [-0.1, -0.05) is 11.6 Å². The second-order valence-electron chi connectivity index (χ2n) is 4.21. The molecular formula is C12H10ClF2N3O2S. The van der Waals surface area contributed by atoms with E-state index in [9.17, 15) is 17.2 Å². The molecule has 21 heavy (non-hydrogen) atoms. The molecule has 0 aliphatic heterocycles. The maximum atomic E-state index is 13.7. The van der Waals surface area contributed by atoms with E-state index < -0.39 is 26.6 Å². The maximum absolute atomic E-state index is 13.7. The third-order valence-electron chi connectivity index (χ3n) is 2.66. The number of nitrogens with zero attached hydrogens (tertiary/aromatic N) is 1. The van der Waals surface area contributed by atoms with Crippen molar-refractivity contribution < 1.29 is 17.2 Å². The van der Waals surface area contributed by atoms with Crippen LogP contribution in [-0.2, 0) is 10.0 Å². The van der Waals surface area contributed by atoms with Gasteiger partial charge in [0.15, 0.2) is 16.8 Å². The molecule has 0 radical (unpaired) electrons. The molecule has 1 aromatic carbocycles. The van der Waals surface area contributed by atoms with Crippen LogP contribution >= 0.6 is 11.6 Å². The second-order valence-corrected chi connectivity index (χ2v) is 6.22. The van der Waals surface area contributed by atoms with E-state index in [1.807, 2.05) is 0 Å². The zero-order valence-electron chi connectivity index (χ0n) is 10.7. The molecule has 2 aromatic rings. The monoisotopic (exact) mass is 333 g/mol. The fourth-order valence-electron chi connectivity index (χ4n) is 1.62. The van der Waals surface area contributed by atoms with E-state index in [1.54, 1.807) is 6.92 Å². The summed E-state index contributed by atoms with van der Waals surface area (Å²) < 4.78 is 53.4. The predicted octanol–water partition coefficient (Wildman–Crippen LogP) is 2.70. The smallest absolute Gasteiger partial charge is 0.265 e. The van der Waals surface area contributed by atoms with Gasteiger partial charge in [0.25, 0.3) is 10.0 Å². The van der Waals surface area contributed by atoms with Crippen LogP contribution in [0, 0.1) is 18.6 Å². The molecule has 2 rings (SSSR count). The molecule has 0 aliphatic carbocycles. The van der Waals surface area contributed by atoms with Gasteiger partial charge >= 0.3 is 0 Å². The summed E-state index contributed by atoms with van der Waals surface area (Å²) >= 11 is 5.79. The molecule has 1 heterocycles. The van der Waals surface area contributed by atoms with Gasteiger partial charge in [0, 0.05) is 11.9 Å². The van der Waals surface area contributed by atoms with Crippen LogP contribution in [-0.4, -0.2) is 13.4 Å². The van der Waals surface area contributed by atoms with Crippen LogP contribution in [0.25, 0.3) is 0 Å². The average molecular weight is 334 g/mol. The Labute approximate surface area is 124 Å². The van der Waals surface area contributed by atoms with Gasteiger partial charge in [-0.05, 0) is 30.7 Å². The van der Waals surface area contributed by atoms with Gasteiger partial charge in [0.05, 0.1) is 5.69 Å². The number of hydrogen-bond acceptors (Lipinski definition) is 4. The van der Waals surface area contributed by atoms with Crippen LogP contribution in [0.15, 0.2) is 29.3 Å². The molecule has 0 atom stereocenters. The Morgan fingerprint density at radius 1 is 1.33 bits per heavy atom. The van der Waals surface area contributed by atoms with Crippen molar-refractivity contribution in [3.05, 3.63) is 46.7 Å². The third kappa shape index (κ3) is 3.06. The molecule has 0 amide bonds. The van der Waals surface area contributed by atoms with Crippen molar-refractivity contribution >= 4 is 33.0 Å². The number of aryl methyl sites for hydroxylation is 1. The molecule has 0 aliphatic rings. The molecule has 0 saturated carbocycles. The van der Waals surface area contributed by atoms with Crippen LogP contribution in [0.3, 0.4) is 0 Å². The number of pyridine rings is 1. The van der Waals surface area contributed by atoms with Crippen molar-refractivity contribution in [2.75, 3.05) is 10.5 Å². The molecule has 3 N–H and O–H groups in total. The molecule has 0 unspecified atom stereocenters. The van der Waals surface area contributed by atoms with E-state index in [2.05, 4.69) is 9.71 Å². The molecule has 0 fully saturated rings. The Morgan fingerprint density at radius 3 is 2.62 bits per heavy atom. The number of aromatic nitrogens is 1. The van der Waals surface area contributed by atoms with Crippen molar-refractivity contribution in [3.63, 3.8) is 0 Å². The topological polar surface area (TPSA) is 85.1 Å². The van der Waals surface area contributed by atoms with E-state index in [1.165, 1.54) is 12.3 Å². The summed E-state index contributed by atoms with van der Waals surface area (Å²) in [4.78, 5) is 2.82. The standard InChI is InChI=1S/C12H10ClF2N3O2S/c1-6-2-3-17-12(13)11(6)18-21(19,20)9-5-7(16)4-8(14)10(9)15/h2-5,18H,16H2,1H3. The first kappa shape index (κ1) is 15.5. The first-order chi connectivity index (χ1) is 9.72. The summed E-state index contributed by atoms with van der Waals surface area (Å²) in [6.45, 7) is 1.59. The number of sulfonamides is 1. The minimum Gasteiger partial charge on any atom is -0.399 e. The second kappa shape index (κ2) is 5.45. The van der Waals surface area contributed by atoms with Crippen LogP contribution < -0.4 is 10.5 Å². The number of halogens is 3. The molecule has 1 aromatic heterocycles. The molecule has 0 saturated heterocycles. The van der Waals surface area contributed by atoms with Crippen molar-refractivity contribution in [2.45, 2.75) is 11.8 Å². The van der Waals surface area contributed by atoms with Gasteiger partial charge in [-0.15, -0.1) is 0 Å². The summed E-state index contributed by atoms with van der Waals surface area (Å²) in [5, 5.41) is -0.108. The first-order valence-electron chi connectivity index (χ1n) is 5.61. The van der Waals surface area contributed by atoms with Gasteiger partial charge in [0.1, 0.15) is 4.90 Å². The van der Waals surface area contributed by atoms with Gasteiger partial charge in [-0.25, -0.2) is 22.2 Å². The van der Waals surface area contributed by atoms with Crippen LogP contribution in [0.4, 0.5) is 20.2 Å². The molecule has 5 nitrogen and oxygen atoms in total. The van der Waals surface area contributed by atoms with Crippen LogP contribution in [0.1, 0.15) is 5.56 Å². The minimum absolute atomic E-state index is 0.0126. The van der Waals surface area contributed by atoms with Gasteiger partial charge < -0.3 is 5.73 Å². The normalized spacial score (nSPS) is 11.4. The predicted molar refractivity (Wildman–Crippen MR) is 75.6 cm³/mol. The van der Waals surface area contributed by atoms with Crippen molar-refractivity contribution in [1.29, 1.82) is 0 Å². The Bertz CT molecular complexity index is 792. The largest absolute Gasteiger partial charge is 0.399 e. The number of nitrogen functional groups attached to an aromatic ring is 1. The summed E-state index contributed by atoms with van der Waals surface area (Å²) in [6.07, 6.45) is 1.39. The Hall–Kier alpha value is -1.93. The summed E-state index contributed by atoms with van der Waals surface area (Å²) in [7, 11) is -4.40. The fourth-order valence-corrected chi connectivity index (χ4v) is 3.19. The summed E-state index contributed by atoms with van der Waals surface area (Å²) in [6, 6.07) is 3.02. The Kier molecular flexibility index (Phi) is 4.02. The maximum Gasteiger partial charge on any atom is 0.265 e. The van der Waals surface area contributed by atoms with E-state index in [0.717, 1.165) is 6.07 Å². The number of hydrogen-bond donors (Lipinski definition) is 2. The van der Waals surface area contributed by atoms with Crippen molar-refractivity contribution in [1.82, 2.24) is 4.98 Å². The molecule has 0 bridgehead atoms. The SMILES string of the molecule is Cc1ccnc(Cl)c1NS(=O)(=O)c1cc(N)cc(F)c1F. The Balaban J connectivity index is 2.54. The highest BCUT2D eigenvalue weighted by Gasteiger charge is 2.24. The zero-order valence-corrected chi connectivity index (χ0v) is 12.3.